The number of primary amides is 1. The molecule has 0 radical (unpaired) electrons. The number of nitrogens with zero attached hydrogens (tertiary/aromatic N) is 2. The van der Waals surface area contributed by atoms with Crippen LogP contribution in [0.2, 0.25) is 0 Å². The van der Waals surface area contributed by atoms with E-state index >= 15 is 0 Å². The molecule has 2 aromatic carbocycles. The molecule has 1 saturated carbocycles. The molecule has 8 nitrogen and oxygen atoms in total. The second-order valence-corrected chi connectivity index (χ2v) is 8.57. The number of carbonyl (C=O) groups excluding carboxylic acids is 1. The molecule has 1 fully saturated rings. The van der Waals surface area contributed by atoms with Crippen LogP contribution in [0.1, 0.15) is 38.1 Å². The fourth-order valence-electron chi connectivity index (χ4n) is 4.46. The highest BCUT2D eigenvalue weighted by Gasteiger charge is 2.23. The first-order valence-electron chi connectivity index (χ1n) is 11.7. The minimum atomic E-state index is -0.481. The van der Waals surface area contributed by atoms with E-state index in [0.29, 0.717) is 22.5 Å². The van der Waals surface area contributed by atoms with Gasteiger partial charge in [0.2, 0.25) is 5.91 Å². The molecular formula is C27H28FN5O3. The van der Waals surface area contributed by atoms with Gasteiger partial charge >= 0.3 is 0 Å². The van der Waals surface area contributed by atoms with Crippen molar-refractivity contribution in [2.24, 2.45) is 5.73 Å². The van der Waals surface area contributed by atoms with Gasteiger partial charge in [0, 0.05) is 17.8 Å². The van der Waals surface area contributed by atoms with Crippen LogP contribution in [0.25, 0.3) is 22.0 Å². The molecule has 2 heterocycles. The molecule has 36 heavy (non-hydrogen) atoms. The van der Waals surface area contributed by atoms with Gasteiger partial charge in [0.05, 0.1) is 5.39 Å². The van der Waals surface area contributed by atoms with Gasteiger partial charge in [-0.3, -0.25) is 9.59 Å². The third-order valence-corrected chi connectivity index (χ3v) is 6.18. The zero-order chi connectivity index (χ0) is 25.7. The number of benzene rings is 2. The SMILES string of the molecule is C=CC(N)=O.Nc1n[nH]c(=O)c2c1c(-c1ccc(Oc3ccccc3F)cc1)cn2C1CCCCC1. The van der Waals surface area contributed by atoms with Crippen LogP contribution >= 0.6 is 0 Å². The average Bonchev–Trinajstić information content (AvgIpc) is 3.31. The Kier molecular flexibility index (Phi) is 7.48. The number of para-hydroxylation sites is 1. The topological polar surface area (TPSA) is 129 Å². The van der Waals surface area contributed by atoms with Crippen molar-refractivity contribution in [2.45, 2.75) is 38.1 Å². The lowest BCUT2D eigenvalue weighted by molar-refractivity contribution is -0.113. The normalized spacial score (nSPS) is 13.6. The number of aromatic amines is 1. The molecule has 5 N–H and O–H groups in total. The van der Waals surface area contributed by atoms with Gasteiger partial charge in [0.25, 0.3) is 5.56 Å². The summed E-state index contributed by atoms with van der Waals surface area (Å²) < 4.78 is 21.6. The second kappa shape index (κ2) is 10.9. The Morgan fingerprint density at radius 3 is 2.44 bits per heavy atom. The fraction of sp³-hybridized carbons (Fsp3) is 0.222. The van der Waals surface area contributed by atoms with E-state index < -0.39 is 11.7 Å². The van der Waals surface area contributed by atoms with Crippen LogP contribution in [-0.2, 0) is 4.79 Å². The first kappa shape index (κ1) is 24.7. The second-order valence-electron chi connectivity index (χ2n) is 8.57. The number of carbonyl (C=O) groups is 1. The molecule has 5 rings (SSSR count). The average molecular weight is 490 g/mol. The molecular weight excluding hydrogens is 461 g/mol. The van der Waals surface area contributed by atoms with Gasteiger partial charge in [0.1, 0.15) is 11.3 Å². The maximum absolute atomic E-state index is 13.9. The van der Waals surface area contributed by atoms with E-state index in [9.17, 15) is 14.0 Å². The lowest BCUT2D eigenvalue weighted by Crippen LogP contribution is -2.18. The number of aromatic nitrogens is 3. The highest BCUT2D eigenvalue weighted by atomic mass is 19.1. The lowest BCUT2D eigenvalue weighted by atomic mass is 9.95. The van der Waals surface area contributed by atoms with Crippen molar-refractivity contribution in [2.75, 3.05) is 5.73 Å². The van der Waals surface area contributed by atoms with E-state index in [2.05, 4.69) is 27.1 Å². The number of fused-ring (bicyclic) bond motifs is 1. The standard InChI is InChI=1S/C24H23FN4O2.C3H5NO/c25-19-8-4-5-9-20(19)31-17-12-10-15(11-13-17)18-14-29(16-6-2-1-3-7-16)22-21(18)23(26)27-28-24(22)30;1-2-3(4)5/h4-5,8-14,16H,1-3,6-7H2,(H2,26,27)(H,28,30);2H,1H2,(H2,4,5). The van der Waals surface area contributed by atoms with Crippen molar-refractivity contribution in [3.63, 3.8) is 0 Å². The van der Waals surface area contributed by atoms with Crippen molar-refractivity contribution in [3.05, 3.63) is 83.6 Å². The van der Waals surface area contributed by atoms with E-state index in [-0.39, 0.29) is 17.4 Å². The molecule has 1 aliphatic rings. The summed E-state index contributed by atoms with van der Waals surface area (Å²) in [4.78, 5) is 22.2. The smallest absolute Gasteiger partial charge is 0.288 e. The predicted molar refractivity (Wildman–Crippen MR) is 138 cm³/mol. The Balaban J connectivity index is 0.000000556. The monoisotopic (exact) mass is 489 g/mol. The highest BCUT2D eigenvalue weighted by molar-refractivity contribution is 6.02. The Morgan fingerprint density at radius 2 is 1.81 bits per heavy atom. The molecule has 186 valence electrons. The molecule has 0 spiro atoms. The van der Waals surface area contributed by atoms with E-state index in [1.54, 1.807) is 30.3 Å². The summed E-state index contributed by atoms with van der Waals surface area (Å²) in [6.45, 7) is 3.09. The van der Waals surface area contributed by atoms with Crippen molar-refractivity contribution < 1.29 is 13.9 Å². The molecule has 0 saturated heterocycles. The zero-order valence-electron chi connectivity index (χ0n) is 19.7. The Labute approximate surface area is 207 Å². The number of ether oxygens (including phenoxy) is 1. The van der Waals surface area contributed by atoms with Crippen LogP contribution < -0.4 is 21.8 Å². The molecule has 0 bridgehead atoms. The predicted octanol–water partition coefficient (Wildman–Crippen LogP) is 5.07. The van der Waals surface area contributed by atoms with E-state index in [1.165, 1.54) is 12.5 Å². The summed E-state index contributed by atoms with van der Waals surface area (Å²) in [7, 11) is 0. The van der Waals surface area contributed by atoms with Gasteiger partial charge in [-0.15, -0.1) is 0 Å². The molecule has 9 heteroatoms. The van der Waals surface area contributed by atoms with Crippen molar-refractivity contribution in [3.8, 4) is 22.6 Å². The summed E-state index contributed by atoms with van der Waals surface area (Å²) in [5, 5.41) is 7.18. The number of rotatable bonds is 5. The summed E-state index contributed by atoms with van der Waals surface area (Å²) in [6.07, 6.45) is 8.69. The van der Waals surface area contributed by atoms with Crippen LogP contribution in [0, 0.1) is 5.82 Å². The van der Waals surface area contributed by atoms with E-state index in [4.69, 9.17) is 10.5 Å². The van der Waals surface area contributed by atoms with E-state index in [0.717, 1.165) is 42.9 Å². The van der Waals surface area contributed by atoms with Gasteiger partial charge < -0.3 is 20.8 Å². The summed E-state index contributed by atoms with van der Waals surface area (Å²) in [6, 6.07) is 13.9. The number of hydrogen-bond acceptors (Lipinski definition) is 5. The van der Waals surface area contributed by atoms with Crippen LogP contribution in [0.3, 0.4) is 0 Å². The summed E-state index contributed by atoms with van der Waals surface area (Å²) in [5.74, 6) is 0.0917. The summed E-state index contributed by atoms with van der Waals surface area (Å²) >= 11 is 0. The van der Waals surface area contributed by atoms with Crippen molar-refractivity contribution in [1.29, 1.82) is 0 Å². The Hall–Kier alpha value is -4.40. The molecule has 0 unspecified atom stereocenters. The van der Waals surface area contributed by atoms with Gasteiger partial charge in [0.15, 0.2) is 17.4 Å². The minimum absolute atomic E-state index is 0.170. The molecule has 1 amide bonds. The maximum atomic E-state index is 13.9. The van der Waals surface area contributed by atoms with Gasteiger partial charge in [-0.05, 0) is 48.7 Å². The Morgan fingerprint density at radius 1 is 1.14 bits per heavy atom. The van der Waals surface area contributed by atoms with Gasteiger partial charge in [-0.25, -0.2) is 9.49 Å². The minimum Gasteiger partial charge on any atom is -0.454 e. The molecule has 2 aromatic heterocycles. The number of nitrogens with two attached hydrogens (primary N) is 2. The third-order valence-electron chi connectivity index (χ3n) is 6.18. The number of nitrogen functional groups attached to an aromatic ring is 1. The highest BCUT2D eigenvalue weighted by Crippen LogP contribution is 2.38. The first-order valence-corrected chi connectivity index (χ1v) is 11.7. The number of hydrogen-bond donors (Lipinski definition) is 3. The maximum Gasteiger partial charge on any atom is 0.288 e. The number of amides is 1. The van der Waals surface area contributed by atoms with Gasteiger partial charge in [-0.1, -0.05) is 50.1 Å². The first-order chi connectivity index (χ1) is 17.4. The van der Waals surface area contributed by atoms with Crippen LogP contribution in [0.15, 0.2) is 72.2 Å². The molecule has 0 aliphatic heterocycles. The Bertz CT molecular complexity index is 1440. The lowest BCUT2D eigenvalue weighted by Gasteiger charge is -2.23. The molecule has 4 aromatic rings. The van der Waals surface area contributed by atoms with Crippen LogP contribution in [0.5, 0.6) is 11.5 Å². The van der Waals surface area contributed by atoms with E-state index in [1.807, 2.05) is 18.3 Å². The summed E-state index contributed by atoms with van der Waals surface area (Å²) in [5.41, 5.74) is 12.8. The number of nitrogens with one attached hydrogen (secondary N) is 1. The zero-order valence-corrected chi connectivity index (χ0v) is 19.7. The third kappa shape index (κ3) is 5.30. The number of H-pyrrole nitrogens is 1. The van der Waals surface area contributed by atoms with Crippen LogP contribution in [-0.4, -0.2) is 20.7 Å². The van der Waals surface area contributed by atoms with Gasteiger partial charge in [-0.2, -0.15) is 5.10 Å². The molecule has 0 atom stereocenters. The number of halogens is 1. The van der Waals surface area contributed by atoms with Crippen LogP contribution in [0.4, 0.5) is 10.2 Å². The fourth-order valence-corrected chi connectivity index (χ4v) is 4.46. The quantitative estimate of drug-likeness (QED) is 0.337. The van der Waals surface area contributed by atoms with Crippen molar-refractivity contribution >= 4 is 22.6 Å². The number of anilines is 1. The largest absolute Gasteiger partial charge is 0.454 e. The molecule has 1 aliphatic carbocycles. The van der Waals surface area contributed by atoms with Crippen molar-refractivity contribution in [1.82, 2.24) is 14.8 Å².